The van der Waals surface area contributed by atoms with Gasteiger partial charge in [-0.25, -0.2) is 0 Å². The van der Waals surface area contributed by atoms with Crippen molar-refractivity contribution in [1.82, 2.24) is 0 Å². The molecule has 9 heteroatoms. The molecule has 1 heterocycles. The summed E-state index contributed by atoms with van der Waals surface area (Å²) in [7, 11) is 0. The van der Waals surface area contributed by atoms with Crippen molar-refractivity contribution >= 4 is 31.0 Å². The van der Waals surface area contributed by atoms with Crippen molar-refractivity contribution in [2.24, 2.45) is 0 Å². The summed E-state index contributed by atoms with van der Waals surface area (Å²) in [4.78, 5) is 31.1. The summed E-state index contributed by atoms with van der Waals surface area (Å²) in [6.07, 6.45) is -6.04. The van der Waals surface area contributed by atoms with Crippen LogP contribution in [0.3, 0.4) is 0 Å². The molecule has 1 aliphatic heterocycles. The minimum absolute atomic E-state index is 0.0530. The number of hydrogen-bond donors (Lipinski definition) is 1. The van der Waals surface area contributed by atoms with Crippen LogP contribution in [0.2, 0.25) is 0 Å². The van der Waals surface area contributed by atoms with Gasteiger partial charge in [-0.05, 0) is 0 Å². The smallest absolute Gasteiger partial charge is 0.293 e. The van der Waals surface area contributed by atoms with Gasteiger partial charge in [-0.3, -0.25) is 14.4 Å². The van der Waals surface area contributed by atoms with E-state index >= 15 is 0 Å². The topological polar surface area (TPSA) is 108 Å². The predicted molar refractivity (Wildman–Crippen MR) is 54.4 cm³/mol. The second-order valence-corrected chi connectivity index (χ2v) is 3.62. The van der Waals surface area contributed by atoms with Crippen LogP contribution < -0.4 is 0 Å². The molecular weight excluding hydrogens is 272 g/mol. The highest BCUT2D eigenvalue weighted by atomic mass is 35.5. The number of hydrogen-bond acceptors (Lipinski definition) is 8. The number of carbonyl (C=O) groups excluding carboxylic acids is 3. The molecular formula is C9H11ClO8. The van der Waals surface area contributed by atoms with E-state index in [1.165, 1.54) is 0 Å². The Labute approximate surface area is 107 Å². The molecule has 1 N–H and O–H groups in total. The Bertz CT molecular complexity index is 298. The highest BCUT2D eigenvalue weighted by molar-refractivity contribution is 6.18. The monoisotopic (exact) mass is 282 g/mol. The van der Waals surface area contributed by atoms with E-state index in [-0.39, 0.29) is 25.3 Å². The van der Waals surface area contributed by atoms with E-state index in [2.05, 4.69) is 9.47 Å². The number of carbonyl (C=O) groups is 3. The van der Waals surface area contributed by atoms with Crippen molar-refractivity contribution in [2.45, 2.75) is 30.7 Å². The SMILES string of the molecule is O=CO[C@@H]1[C@@H](OC=O)[C@@H](O)O[C@H](CCl)[C@H]1OC=O. The number of ether oxygens (including phenoxy) is 4. The van der Waals surface area contributed by atoms with Crippen molar-refractivity contribution in [3.8, 4) is 0 Å². The van der Waals surface area contributed by atoms with Crippen LogP contribution in [0.1, 0.15) is 0 Å². The number of aliphatic hydroxyl groups is 1. The van der Waals surface area contributed by atoms with Crippen LogP contribution in [-0.4, -0.2) is 61.1 Å². The Kier molecular flexibility index (Phi) is 5.83. The van der Waals surface area contributed by atoms with Gasteiger partial charge in [0.2, 0.25) is 0 Å². The van der Waals surface area contributed by atoms with Crippen molar-refractivity contribution in [3.63, 3.8) is 0 Å². The van der Waals surface area contributed by atoms with Crippen molar-refractivity contribution in [1.29, 1.82) is 0 Å². The first-order chi connectivity index (χ1) is 8.69. The van der Waals surface area contributed by atoms with Crippen molar-refractivity contribution in [2.75, 3.05) is 5.88 Å². The van der Waals surface area contributed by atoms with E-state index in [9.17, 15) is 19.5 Å². The highest BCUT2D eigenvalue weighted by Crippen LogP contribution is 2.26. The van der Waals surface area contributed by atoms with Gasteiger partial charge in [0.15, 0.2) is 24.6 Å². The number of alkyl halides is 1. The second kappa shape index (κ2) is 7.14. The fourth-order valence-electron chi connectivity index (χ4n) is 1.68. The Morgan fingerprint density at radius 3 is 2.00 bits per heavy atom. The van der Waals surface area contributed by atoms with Crippen LogP contribution in [0.5, 0.6) is 0 Å². The van der Waals surface area contributed by atoms with Gasteiger partial charge in [0, 0.05) is 0 Å². The molecule has 1 rings (SSSR count). The first-order valence-corrected chi connectivity index (χ1v) is 5.39. The molecule has 0 unspecified atom stereocenters. The van der Waals surface area contributed by atoms with Gasteiger partial charge in [0.05, 0.1) is 5.88 Å². The maximum Gasteiger partial charge on any atom is 0.293 e. The summed E-state index contributed by atoms with van der Waals surface area (Å²) in [5.41, 5.74) is 0. The van der Waals surface area contributed by atoms with Gasteiger partial charge >= 0.3 is 0 Å². The number of aliphatic hydroxyl groups excluding tert-OH is 1. The minimum atomic E-state index is -1.55. The van der Waals surface area contributed by atoms with Crippen LogP contribution in [-0.2, 0) is 33.3 Å². The summed E-state index contributed by atoms with van der Waals surface area (Å²) in [5, 5.41) is 9.58. The molecule has 102 valence electrons. The zero-order chi connectivity index (χ0) is 13.5. The van der Waals surface area contributed by atoms with E-state index in [0.717, 1.165) is 0 Å². The highest BCUT2D eigenvalue weighted by Gasteiger charge is 2.49. The van der Waals surface area contributed by atoms with Gasteiger partial charge in [0.1, 0.15) is 6.10 Å². The van der Waals surface area contributed by atoms with E-state index in [4.69, 9.17) is 21.1 Å². The normalized spacial score (nSPS) is 35.3. The molecule has 0 bridgehead atoms. The molecule has 5 atom stereocenters. The first-order valence-electron chi connectivity index (χ1n) is 4.86. The molecule has 0 amide bonds. The predicted octanol–water partition coefficient (Wildman–Crippen LogP) is -1.43. The summed E-state index contributed by atoms with van der Waals surface area (Å²) in [6.45, 7) is 0.248. The van der Waals surface area contributed by atoms with Gasteiger partial charge in [0.25, 0.3) is 19.4 Å². The van der Waals surface area contributed by atoms with Crippen molar-refractivity contribution in [3.05, 3.63) is 0 Å². The lowest BCUT2D eigenvalue weighted by Crippen LogP contribution is -2.60. The zero-order valence-electron chi connectivity index (χ0n) is 9.01. The van der Waals surface area contributed by atoms with E-state index in [0.29, 0.717) is 0 Å². The third kappa shape index (κ3) is 3.09. The van der Waals surface area contributed by atoms with Crippen LogP contribution in [0.25, 0.3) is 0 Å². The van der Waals surface area contributed by atoms with Crippen LogP contribution >= 0.6 is 11.6 Å². The lowest BCUT2D eigenvalue weighted by molar-refractivity contribution is -0.281. The van der Waals surface area contributed by atoms with Crippen LogP contribution in [0.4, 0.5) is 0 Å². The molecule has 0 aromatic carbocycles. The molecule has 0 aromatic rings. The maximum atomic E-state index is 10.4. The molecule has 0 aliphatic carbocycles. The summed E-state index contributed by atoms with van der Waals surface area (Å²) in [6, 6.07) is 0. The van der Waals surface area contributed by atoms with Crippen LogP contribution in [0, 0.1) is 0 Å². The number of halogens is 1. The number of rotatable bonds is 7. The van der Waals surface area contributed by atoms with Crippen LogP contribution in [0.15, 0.2) is 0 Å². The van der Waals surface area contributed by atoms with Gasteiger partial charge in [-0.15, -0.1) is 11.6 Å². The lowest BCUT2D eigenvalue weighted by Gasteiger charge is -2.40. The third-order valence-corrected chi connectivity index (χ3v) is 2.70. The second-order valence-electron chi connectivity index (χ2n) is 3.31. The molecule has 1 saturated heterocycles. The first kappa shape index (κ1) is 14.7. The standard InChI is InChI=1S/C9H11ClO8/c10-1-5-6(15-2-11)7(16-3-12)8(17-4-13)9(14)18-5/h2-9,14H,1H2/t5-,6-,7+,8-,9+/m1/s1. The Balaban J connectivity index is 2.94. The third-order valence-electron chi connectivity index (χ3n) is 2.40. The average molecular weight is 283 g/mol. The molecule has 0 aromatic heterocycles. The largest absolute Gasteiger partial charge is 0.458 e. The quantitative estimate of drug-likeness (QED) is 0.344. The van der Waals surface area contributed by atoms with E-state index in [1.807, 2.05) is 0 Å². The Morgan fingerprint density at radius 2 is 1.50 bits per heavy atom. The molecule has 0 radical (unpaired) electrons. The Morgan fingerprint density at radius 1 is 1.00 bits per heavy atom. The van der Waals surface area contributed by atoms with E-state index in [1.54, 1.807) is 0 Å². The minimum Gasteiger partial charge on any atom is -0.458 e. The molecule has 8 nitrogen and oxygen atoms in total. The van der Waals surface area contributed by atoms with Gasteiger partial charge in [-0.2, -0.15) is 0 Å². The van der Waals surface area contributed by atoms with E-state index < -0.39 is 30.7 Å². The van der Waals surface area contributed by atoms with Gasteiger partial charge in [-0.1, -0.05) is 0 Å². The molecule has 1 aliphatic rings. The average Bonchev–Trinajstić information content (AvgIpc) is 2.36. The maximum absolute atomic E-state index is 10.4. The lowest BCUT2D eigenvalue weighted by atomic mass is 9.99. The summed E-state index contributed by atoms with van der Waals surface area (Å²) in [5.74, 6) is -0.123. The molecule has 1 fully saturated rings. The molecule has 0 saturated carbocycles. The summed E-state index contributed by atoms with van der Waals surface area (Å²) < 4.78 is 18.9. The fourth-order valence-corrected chi connectivity index (χ4v) is 1.92. The molecule has 0 spiro atoms. The zero-order valence-corrected chi connectivity index (χ0v) is 9.76. The molecule has 18 heavy (non-hydrogen) atoms. The van der Waals surface area contributed by atoms with Crippen molar-refractivity contribution < 1.29 is 38.4 Å². The summed E-state index contributed by atoms with van der Waals surface area (Å²) >= 11 is 5.58. The Hall–Kier alpha value is -1.38. The fraction of sp³-hybridized carbons (Fsp3) is 0.667. The van der Waals surface area contributed by atoms with Gasteiger partial charge < -0.3 is 24.1 Å².